The lowest BCUT2D eigenvalue weighted by molar-refractivity contribution is 0.0573. The number of fused-ring (bicyclic) bond motifs is 1. The second kappa shape index (κ2) is 4.75. The van der Waals surface area contributed by atoms with Gasteiger partial charge in [0, 0.05) is 0 Å². The zero-order valence-electron chi connectivity index (χ0n) is 12.5. The van der Waals surface area contributed by atoms with Crippen molar-refractivity contribution in [2.24, 2.45) is 0 Å². The van der Waals surface area contributed by atoms with Crippen LogP contribution in [0.15, 0.2) is 42.5 Å². The summed E-state index contributed by atoms with van der Waals surface area (Å²) in [5.41, 5.74) is 5.03. The van der Waals surface area contributed by atoms with Gasteiger partial charge in [-0.3, -0.25) is 0 Å². The lowest BCUT2D eigenvalue weighted by Gasteiger charge is -2.38. The van der Waals surface area contributed by atoms with E-state index in [1.165, 1.54) is 16.7 Å². The molecule has 2 aromatic carbocycles. The molecule has 20 heavy (non-hydrogen) atoms. The van der Waals surface area contributed by atoms with Gasteiger partial charge in [-0.15, -0.1) is 0 Å². The lowest BCUT2D eigenvalue weighted by Crippen LogP contribution is -2.33. The van der Waals surface area contributed by atoms with Crippen LogP contribution in [0.3, 0.4) is 0 Å². The van der Waals surface area contributed by atoms with Crippen molar-refractivity contribution in [1.29, 1.82) is 0 Å². The molecule has 0 amide bonds. The van der Waals surface area contributed by atoms with Gasteiger partial charge in [0.05, 0.1) is 0 Å². The monoisotopic (exact) mass is 266 g/mol. The molecule has 104 valence electrons. The molecular formula is C19H22O. The molecule has 0 saturated carbocycles. The van der Waals surface area contributed by atoms with Crippen LogP contribution in [0.4, 0.5) is 0 Å². The summed E-state index contributed by atoms with van der Waals surface area (Å²) < 4.78 is 0. The Bertz CT molecular complexity index is 644. The highest BCUT2D eigenvalue weighted by atomic mass is 16.3. The third-order valence-electron chi connectivity index (χ3n) is 4.70. The van der Waals surface area contributed by atoms with Crippen LogP contribution in [0.1, 0.15) is 53.5 Å². The molecule has 3 rings (SSSR count). The molecule has 0 aliphatic heterocycles. The molecule has 0 spiro atoms. The second-order valence-corrected chi connectivity index (χ2v) is 6.21. The molecule has 1 aliphatic rings. The molecule has 0 saturated heterocycles. The Morgan fingerprint density at radius 3 is 2.55 bits per heavy atom. The van der Waals surface area contributed by atoms with Gasteiger partial charge in [-0.25, -0.2) is 0 Å². The number of benzene rings is 2. The first-order valence-corrected chi connectivity index (χ1v) is 7.42. The summed E-state index contributed by atoms with van der Waals surface area (Å²) in [6.07, 6.45) is 1.83. The Morgan fingerprint density at radius 2 is 1.80 bits per heavy atom. The van der Waals surface area contributed by atoms with E-state index in [-0.39, 0.29) is 0 Å². The number of aryl methyl sites for hydroxylation is 2. The Kier molecular flexibility index (Phi) is 3.18. The third kappa shape index (κ3) is 1.97. The maximum atomic E-state index is 11.4. The van der Waals surface area contributed by atoms with E-state index in [0.29, 0.717) is 5.92 Å². The Labute approximate surface area is 121 Å². The van der Waals surface area contributed by atoms with Crippen molar-refractivity contribution in [3.63, 3.8) is 0 Å². The zero-order chi connectivity index (χ0) is 14.3. The molecule has 0 aromatic heterocycles. The maximum absolute atomic E-state index is 11.4. The van der Waals surface area contributed by atoms with E-state index in [1.54, 1.807) is 0 Å². The van der Waals surface area contributed by atoms with E-state index in [1.807, 2.05) is 6.07 Å². The topological polar surface area (TPSA) is 20.2 Å². The van der Waals surface area contributed by atoms with Crippen molar-refractivity contribution in [2.75, 3.05) is 0 Å². The van der Waals surface area contributed by atoms with Gasteiger partial charge in [0.2, 0.25) is 0 Å². The first kappa shape index (κ1) is 13.4. The SMILES string of the molecule is Cc1ccc(C2(O)CCC(C)c3ccccc32)c(C)c1. The molecule has 1 heteroatoms. The second-order valence-electron chi connectivity index (χ2n) is 6.21. The standard InChI is InChI=1S/C19H22O/c1-13-8-9-17(15(3)12-13)19(20)11-10-14(2)16-6-4-5-7-18(16)19/h4-9,12,14,20H,10-11H2,1-3H3. The summed E-state index contributed by atoms with van der Waals surface area (Å²) in [7, 11) is 0. The minimum absolute atomic E-state index is 0.525. The first-order chi connectivity index (χ1) is 9.52. The van der Waals surface area contributed by atoms with Gasteiger partial charge in [-0.2, -0.15) is 0 Å². The van der Waals surface area contributed by atoms with Crippen molar-refractivity contribution in [2.45, 2.75) is 45.1 Å². The van der Waals surface area contributed by atoms with Crippen LogP contribution in [0.5, 0.6) is 0 Å². The van der Waals surface area contributed by atoms with Crippen LogP contribution in [0, 0.1) is 13.8 Å². The van der Waals surface area contributed by atoms with Gasteiger partial charge in [0.1, 0.15) is 5.60 Å². The Hall–Kier alpha value is -1.60. The van der Waals surface area contributed by atoms with Gasteiger partial charge in [-0.1, -0.05) is 55.0 Å². The number of rotatable bonds is 1. The largest absolute Gasteiger partial charge is 0.380 e. The van der Waals surface area contributed by atoms with Crippen LogP contribution in [0.2, 0.25) is 0 Å². The number of hydrogen-bond acceptors (Lipinski definition) is 1. The molecule has 1 aliphatic carbocycles. The van der Waals surface area contributed by atoms with E-state index < -0.39 is 5.60 Å². The molecule has 0 bridgehead atoms. The maximum Gasteiger partial charge on any atom is 0.115 e. The van der Waals surface area contributed by atoms with Gasteiger partial charge in [-0.05, 0) is 54.9 Å². The van der Waals surface area contributed by atoms with Gasteiger partial charge < -0.3 is 5.11 Å². The quantitative estimate of drug-likeness (QED) is 0.809. The molecule has 1 N–H and O–H groups in total. The summed E-state index contributed by atoms with van der Waals surface area (Å²) in [5, 5.41) is 11.4. The van der Waals surface area contributed by atoms with E-state index in [2.05, 4.69) is 57.2 Å². The van der Waals surface area contributed by atoms with Crippen LogP contribution >= 0.6 is 0 Å². The highest BCUT2D eigenvalue weighted by Gasteiger charge is 2.38. The van der Waals surface area contributed by atoms with Crippen molar-refractivity contribution >= 4 is 0 Å². The van der Waals surface area contributed by atoms with E-state index in [4.69, 9.17) is 0 Å². The van der Waals surface area contributed by atoms with Crippen LogP contribution in [0.25, 0.3) is 0 Å². The lowest BCUT2D eigenvalue weighted by atomic mass is 9.70. The van der Waals surface area contributed by atoms with Crippen molar-refractivity contribution < 1.29 is 5.11 Å². The summed E-state index contributed by atoms with van der Waals surface area (Å²) >= 11 is 0. The molecule has 1 nitrogen and oxygen atoms in total. The Morgan fingerprint density at radius 1 is 1.05 bits per heavy atom. The minimum atomic E-state index is -0.832. The van der Waals surface area contributed by atoms with Crippen LogP contribution in [-0.4, -0.2) is 5.11 Å². The summed E-state index contributed by atoms with van der Waals surface area (Å²) in [4.78, 5) is 0. The van der Waals surface area contributed by atoms with Crippen LogP contribution in [-0.2, 0) is 5.60 Å². The average Bonchev–Trinajstić information content (AvgIpc) is 2.43. The zero-order valence-corrected chi connectivity index (χ0v) is 12.5. The number of aliphatic hydroxyl groups is 1. The minimum Gasteiger partial charge on any atom is -0.380 e. The van der Waals surface area contributed by atoms with Crippen molar-refractivity contribution in [3.05, 3.63) is 70.3 Å². The van der Waals surface area contributed by atoms with E-state index >= 15 is 0 Å². The summed E-state index contributed by atoms with van der Waals surface area (Å²) in [6, 6.07) is 14.7. The summed E-state index contributed by atoms with van der Waals surface area (Å²) in [5.74, 6) is 0.525. The van der Waals surface area contributed by atoms with Gasteiger partial charge in [0.15, 0.2) is 0 Å². The fraction of sp³-hybridized carbons (Fsp3) is 0.368. The number of hydrogen-bond donors (Lipinski definition) is 1. The Balaban J connectivity index is 2.20. The fourth-order valence-electron chi connectivity index (χ4n) is 3.58. The van der Waals surface area contributed by atoms with Crippen molar-refractivity contribution in [3.8, 4) is 0 Å². The van der Waals surface area contributed by atoms with Crippen LogP contribution < -0.4 is 0 Å². The molecule has 0 fully saturated rings. The fourth-order valence-corrected chi connectivity index (χ4v) is 3.58. The molecule has 2 unspecified atom stereocenters. The van der Waals surface area contributed by atoms with Crippen molar-refractivity contribution in [1.82, 2.24) is 0 Å². The third-order valence-corrected chi connectivity index (χ3v) is 4.70. The highest BCUT2D eigenvalue weighted by molar-refractivity contribution is 5.47. The molecule has 0 radical (unpaired) electrons. The average molecular weight is 266 g/mol. The predicted octanol–water partition coefficient (Wildman–Crippen LogP) is 4.44. The van der Waals surface area contributed by atoms with Gasteiger partial charge in [0.25, 0.3) is 0 Å². The highest BCUT2D eigenvalue weighted by Crippen LogP contribution is 2.45. The molecular weight excluding hydrogens is 244 g/mol. The summed E-state index contributed by atoms with van der Waals surface area (Å²) in [6.45, 7) is 6.44. The van der Waals surface area contributed by atoms with E-state index in [9.17, 15) is 5.11 Å². The van der Waals surface area contributed by atoms with E-state index in [0.717, 1.165) is 24.0 Å². The molecule has 0 heterocycles. The predicted molar refractivity (Wildman–Crippen MR) is 83.0 cm³/mol. The normalized spacial score (nSPS) is 25.3. The first-order valence-electron chi connectivity index (χ1n) is 7.42. The molecule has 2 atom stereocenters. The molecule has 2 aromatic rings. The smallest absolute Gasteiger partial charge is 0.115 e. The van der Waals surface area contributed by atoms with Gasteiger partial charge >= 0.3 is 0 Å².